The molecule has 0 spiro atoms. The van der Waals surface area contributed by atoms with Crippen LogP contribution in [-0.4, -0.2) is 43.3 Å². The molecule has 0 radical (unpaired) electrons. The number of fused-ring (bicyclic) bond motifs is 2. The van der Waals surface area contributed by atoms with Crippen LogP contribution in [0.5, 0.6) is 0 Å². The van der Waals surface area contributed by atoms with Crippen molar-refractivity contribution in [3.8, 4) is 0 Å². The van der Waals surface area contributed by atoms with Gasteiger partial charge in [-0.1, -0.05) is 36.9 Å². The number of ether oxygens (including phenoxy) is 1. The number of halogens is 1. The number of carbonyl (C=O) groups is 1. The Labute approximate surface area is 143 Å². The molecule has 0 aliphatic carbocycles. The number of methoxy groups -OCH3 is 1. The van der Waals surface area contributed by atoms with E-state index in [-0.39, 0.29) is 30.5 Å². The number of rotatable bonds is 6. The topological polar surface area (TPSA) is 29.5 Å². The van der Waals surface area contributed by atoms with Crippen LogP contribution in [-0.2, 0) is 9.53 Å². The second-order valence-corrected chi connectivity index (χ2v) is 6.84. The van der Waals surface area contributed by atoms with Gasteiger partial charge in [0.05, 0.1) is 19.7 Å². The predicted molar refractivity (Wildman–Crippen MR) is 93.5 cm³/mol. The number of benzene rings is 1. The Bertz CT molecular complexity index is 586. The van der Waals surface area contributed by atoms with Gasteiger partial charge in [-0.15, -0.1) is 0 Å². The Kier molecular flexibility index (Phi) is 5.34. The standard InChI is InChI=1S/C20H26FNO2/c1-3-14-5-7-15(8-6-14)17-13-16-9-10-18(19(17)20(23)24-2)22(16)12-4-11-21/h3,5-8,16-19H,1,4,9-13H2,2H3/t16-,17+,18+,19-/m0/s1. The van der Waals surface area contributed by atoms with Crippen molar-refractivity contribution in [3.63, 3.8) is 0 Å². The Morgan fingerprint density at radius 1 is 1.38 bits per heavy atom. The maximum atomic E-state index is 12.6. The largest absolute Gasteiger partial charge is 0.469 e. The van der Waals surface area contributed by atoms with Crippen LogP contribution in [0.25, 0.3) is 6.08 Å². The smallest absolute Gasteiger partial charge is 0.310 e. The Morgan fingerprint density at radius 2 is 2.12 bits per heavy atom. The minimum absolute atomic E-state index is 0.136. The molecule has 1 aromatic carbocycles. The molecular formula is C20H26FNO2. The third kappa shape index (κ3) is 3.12. The predicted octanol–water partition coefficient (Wildman–Crippen LogP) is 3.80. The summed E-state index contributed by atoms with van der Waals surface area (Å²) in [5.41, 5.74) is 2.27. The van der Waals surface area contributed by atoms with E-state index in [4.69, 9.17) is 4.74 Å². The summed E-state index contributed by atoms with van der Waals surface area (Å²) >= 11 is 0. The summed E-state index contributed by atoms with van der Waals surface area (Å²) in [5.74, 6) is -0.123. The van der Waals surface area contributed by atoms with Crippen molar-refractivity contribution in [2.45, 2.75) is 43.7 Å². The lowest BCUT2D eigenvalue weighted by atomic mass is 9.75. The van der Waals surface area contributed by atoms with Crippen LogP contribution in [0.4, 0.5) is 4.39 Å². The molecule has 130 valence electrons. The average molecular weight is 331 g/mol. The van der Waals surface area contributed by atoms with Crippen LogP contribution in [0.3, 0.4) is 0 Å². The third-order valence-electron chi connectivity index (χ3n) is 5.69. The highest BCUT2D eigenvalue weighted by atomic mass is 19.1. The zero-order chi connectivity index (χ0) is 17.1. The molecule has 4 atom stereocenters. The zero-order valence-corrected chi connectivity index (χ0v) is 14.3. The number of esters is 1. The lowest BCUT2D eigenvalue weighted by Gasteiger charge is -2.43. The molecule has 2 heterocycles. The van der Waals surface area contributed by atoms with Gasteiger partial charge in [0.15, 0.2) is 0 Å². The second kappa shape index (κ2) is 7.47. The summed E-state index contributed by atoms with van der Waals surface area (Å²) in [6.07, 6.45) is 5.39. The van der Waals surface area contributed by atoms with Gasteiger partial charge in [0.25, 0.3) is 0 Å². The normalized spacial score (nSPS) is 29.4. The first-order chi connectivity index (χ1) is 11.7. The molecule has 1 aromatic rings. The molecule has 24 heavy (non-hydrogen) atoms. The quantitative estimate of drug-likeness (QED) is 0.743. The first-order valence-corrected chi connectivity index (χ1v) is 8.81. The van der Waals surface area contributed by atoms with Gasteiger partial charge in [-0.25, -0.2) is 0 Å². The van der Waals surface area contributed by atoms with Gasteiger partial charge in [0, 0.05) is 24.5 Å². The Balaban J connectivity index is 1.88. The molecule has 4 heteroatoms. The Morgan fingerprint density at radius 3 is 2.75 bits per heavy atom. The van der Waals surface area contributed by atoms with E-state index in [2.05, 4.69) is 23.6 Å². The summed E-state index contributed by atoms with van der Waals surface area (Å²) in [4.78, 5) is 14.9. The van der Waals surface area contributed by atoms with Crippen LogP contribution in [0.2, 0.25) is 0 Å². The van der Waals surface area contributed by atoms with Crippen molar-refractivity contribution in [2.75, 3.05) is 20.3 Å². The minimum atomic E-state index is -0.300. The van der Waals surface area contributed by atoms with Crippen molar-refractivity contribution in [3.05, 3.63) is 42.0 Å². The highest BCUT2D eigenvalue weighted by Crippen LogP contribution is 2.47. The molecule has 2 saturated heterocycles. The molecule has 2 fully saturated rings. The van der Waals surface area contributed by atoms with E-state index in [1.165, 1.54) is 12.7 Å². The summed E-state index contributed by atoms with van der Waals surface area (Å²) in [6, 6.07) is 8.93. The van der Waals surface area contributed by atoms with Gasteiger partial charge < -0.3 is 4.74 Å². The van der Waals surface area contributed by atoms with Gasteiger partial charge in [-0.05, 0) is 36.8 Å². The number of carbonyl (C=O) groups excluding carboxylic acids is 1. The molecule has 0 amide bonds. The summed E-state index contributed by atoms with van der Waals surface area (Å²) in [6.45, 7) is 4.23. The maximum absolute atomic E-state index is 12.6. The number of hydrogen-bond acceptors (Lipinski definition) is 3. The SMILES string of the molecule is C=Cc1ccc([C@H]2C[C@@H]3CC[C@H]([C@H]2C(=O)OC)N3CCCF)cc1. The highest BCUT2D eigenvalue weighted by molar-refractivity contribution is 5.75. The fourth-order valence-electron chi connectivity index (χ4n) is 4.58. The van der Waals surface area contributed by atoms with Crippen LogP contribution >= 0.6 is 0 Å². The van der Waals surface area contributed by atoms with E-state index in [9.17, 15) is 9.18 Å². The number of piperidine rings is 1. The molecule has 3 rings (SSSR count). The summed E-state index contributed by atoms with van der Waals surface area (Å²) in [7, 11) is 1.47. The fourth-order valence-corrected chi connectivity index (χ4v) is 4.58. The monoisotopic (exact) mass is 331 g/mol. The minimum Gasteiger partial charge on any atom is -0.469 e. The molecule has 0 saturated carbocycles. The van der Waals surface area contributed by atoms with Crippen LogP contribution < -0.4 is 0 Å². The first-order valence-electron chi connectivity index (χ1n) is 8.81. The van der Waals surface area contributed by atoms with Crippen molar-refractivity contribution in [1.29, 1.82) is 0 Å². The van der Waals surface area contributed by atoms with E-state index in [1.54, 1.807) is 0 Å². The molecular weight excluding hydrogens is 305 g/mol. The van der Waals surface area contributed by atoms with Gasteiger partial charge in [-0.2, -0.15) is 0 Å². The fraction of sp³-hybridized carbons (Fsp3) is 0.550. The van der Waals surface area contributed by atoms with Crippen LogP contribution in [0.15, 0.2) is 30.8 Å². The lowest BCUT2D eigenvalue weighted by Crippen LogP contribution is -2.51. The van der Waals surface area contributed by atoms with E-state index in [0.717, 1.165) is 31.4 Å². The van der Waals surface area contributed by atoms with E-state index < -0.39 is 0 Å². The molecule has 0 unspecified atom stereocenters. The van der Waals surface area contributed by atoms with Crippen molar-refractivity contribution < 1.29 is 13.9 Å². The molecule has 0 N–H and O–H groups in total. The number of alkyl halides is 1. The molecule has 3 nitrogen and oxygen atoms in total. The Hall–Kier alpha value is -1.68. The van der Waals surface area contributed by atoms with Crippen molar-refractivity contribution in [1.82, 2.24) is 4.90 Å². The lowest BCUT2D eigenvalue weighted by molar-refractivity contribution is -0.150. The maximum Gasteiger partial charge on any atom is 0.310 e. The third-order valence-corrected chi connectivity index (χ3v) is 5.69. The van der Waals surface area contributed by atoms with Crippen molar-refractivity contribution >= 4 is 12.0 Å². The first kappa shape index (κ1) is 17.2. The van der Waals surface area contributed by atoms with Gasteiger partial charge >= 0.3 is 5.97 Å². The van der Waals surface area contributed by atoms with E-state index in [0.29, 0.717) is 12.5 Å². The highest BCUT2D eigenvalue weighted by Gasteiger charge is 2.50. The molecule has 0 aromatic heterocycles. The van der Waals surface area contributed by atoms with Gasteiger partial charge in [-0.3, -0.25) is 14.1 Å². The average Bonchev–Trinajstić information content (AvgIpc) is 2.90. The van der Waals surface area contributed by atoms with E-state index in [1.807, 2.05) is 18.2 Å². The second-order valence-electron chi connectivity index (χ2n) is 6.84. The molecule has 2 bridgehead atoms. The summed E-state index contributed by atoms with van der Waals surface area (Å²) < 4.78 is 17.8. The van der Waals surface area contributed by atoms with Crippen LogP contribution in [0.1, 0.15) is 42.7 Å². The number of nitrogens with zero attached hydrogens (tertiary/aromatic N) is 1. The van der Waals surface area contributed by atoms with Gasteiger partial charge in [0.1, 0.15) is 0 Å². The summed E-state index contributed by atoms with van der Waals surface area (Å²) in [5, 5.41) is 0. The molecule has 2 aliphatic rings. The zero-order valence-electron chi connectivity index (χ0n) is 14.3. The van der Waals surface area contributed by atoms with Gasteiger partial charge in [0.2, 0.25) is 0 Å². The molecule has 2 aliphatic heterocycles. The number of hydrogen-bond donors (Lipinski definition) is 0. The van der Waals surface area contributed by atoms with Crippen molar-refractivity contribution in [2.24, 2.45) is 5.92 Å². The van der Waals surface area contributed by atoms with E-state index >= 15 is 0 Å². The van der Waals surface area contributed by atoms with Crippen LogP contribution in [0, 0.1) is 5.92 Å².